The second kappa shape index (κ2) is 14.6. The van der Waals surface area contributed by atoms with Gasteiger partial charge in [-0.25, -0.2) is 9.97 Å². The van der Waals surface area contributed by atoms with Crippen LogP contribution in [0.15, 0.2) is 180 Å². The zero-order chi connectivity index (χ0) is 41.9. The first-order chi connectivity index (χ1) is 28.7. The lowest BCUT2D eigenvalue weighted by Gasteiger charge is -2.41. The van der Waals surface area contributed by atoms with Gasteiger partial charge in [0.25, 0.3) is 0 Å². The van der Waals surface area contributed by atoms with E-state index in [4.69, 9.17) is 20.0 Å². The second-order valence-electron chi connectivity index (χ2n) is 18.0. The molecule has 9 rings (SSSR count). The minimum Gasteiger partial charge on any atom is -0.318 e. The monoisotopic (exact) mass is 784 g/mol. The molecule has 60 heavy (non-hydrogen) atoms. The van der Waals surface area contributed by atoms with E-state index in [1.807, 2.05) is 6.07 Å². The van der Waals surface area contributed by atoms with Crippen LogP contribution in [0, 0.1) is 0 Å². The third-order valence-corrected chi connectivity index (χ3v) is 13.1. The van der Waals surface area contributed by atoms with E-state index in [0.717, 1.165) is 67.8 Å². The molecule has 0 saturated heterocycles. The average molecular weight is 785 g/mol. The highest BCUT2D eigenvalue weighted by Crippen LogP contribution is 2.45. The van der Waals surface area contributed by atoms with E-state index >= 15 is 0 Å². The molecule has 6 nitrogen and oxygen atoms in total. The predicted molar refractivity (Wildman–Crippen MR) is 251 cm³/mol. The largest absolute Gasteiger partial charge is 0.318 e. The Bertz CT molecular complexity index is 2600. The van der Waals surface area contributed by atoms with E-state index in [-0.39, 0.29) is 22.2 Å². The number of anilines is 2. The van der Waals surface area contributed by atoms with Gasteiger partial charge in [-0.1, -0.05) is 140 Å². The van der Waals surface area contributed by atoms with Crippen LogP contribution in [0.5, 0.6) is 0 Å². The normalized spacial score (nSPS) is 17.3. The third kappa shape index (κ3) is 6.70. The fourth-order valence-electron chi connectivity index (χ4n) is 8.36. The minimum absolute atomic E-state index is 0.306. The minimum atomic E-state index is -0.334. The summed E-state index contributed by atoms with van der Waals surface area (Å²) in [5.41, 5.74) is 10.0. The third-order valence-electron chi connectivity index (χ3n) is 13.1. The van der Waals surface area contributed by atoms with Gasteiger partial charge in [0.05, 0.1) is 33.5 Å². The van der Waals surface area contributed by atoms with Crippen LogP contribution in [0.1, 0.15) is 66.5 Å². The molecule has 6 heteroatoms. The zero-order valence-electron chi connectivity index (χ0n) is 35.8. The number of amidine groups is 2. The van der Waals surface area contributed by atoms with Crippen molar-refractivity contribution in [2.45, 2.75) is 77.5 Å². The van der Waals surface area contributed by atoms with Crippen molar-refractivity contribution >= 4 is 23.0 Å². The van der Waals surface area contributed by atoms with E-state index in [1.54, 1.807) is 0 Å². The van der Waals surface area contributed by atoms with E-state index in [2.05, 4.69) is 229 Å². The van der Waals surface area contributed by atoms with Gasteiger partial charge in [-0.3, -0.25) is 9.98 Å². The van der Waals surface area contributed by atoms with Crippen LogP contribution in [0.4, 0.5) is 11.4 Å². The van der Waals surface area contributed by atoms with Crippen LogP contribution >= 0.6 is 0 Å². The lowest BCUT2D eigenvalue weighted by atomic mass is 9.83. The van der Waals surface area contributed by atoms with Gasteiger partial charge >= 0.3 is 0 Å². The Balaban J connectivity index is 1.18. The molecule has 0 N–H and O–H groups in total. The van der Waals surface area contributed by atoms with Gasteiger partial charge in [-0.2, -0.15) is 0 Å². The van der Waals surface area contributed by atoms with Gasteiger partial charge in [0.2, 0.25) is 0 Å². The summed E-state index contributed by atoms with van der Waals surface area (Å²) >= 11 is 0. The summed E-state index contributed by atoms with van der Waals surface area (Å²) in [6, 6.07) is 59.6. The molecule has 298 valence electrons. The number of hydrogen-bond donors (Lipinski definition) is 0. The number of hydrogen-bond acceptors (Lipinski definition) is 6. The summed E-state index contributed by atoms with van der Waals surface area (Å²) < 4.78 is 0. The Morgan fingerprint density at radius 3 is 1.18 bits per heavy atom. The highest BCUT2D eigenvalue weighted by molar-refractivity contribution is 6.14. The van der Waals surface area contributed by atoms with Crippen molar-refractivity contribution in [2.24, 2.45) is 9.98 Å². The van der Waals surface area contributed by atoms with Gasteiger partial charge in [0, 0.05) is 39.2 Å². The van der Waals surface area contributed by atoms with Gasteiger partial charge in [0.15, 0.2) is 5.82 Å². The molecular formula is C54H52N6. The fourth-order valence-corrected chi connectivity index (χ4v) is 8.36. The van der Waals surface area contributed by atoms with Gasteiger partial charge in [-0.05, 0) is 96.8 Å². The lowest BCUT2D eigenvalue weighted by molar-refractivity contribution is 0.338. The first kappa shape index (κ1) is 38.8. The molecule has 6 aromatic carbocycles. The lowest BCUT2D eigenvalue weighted by Crippen LogP contribution is -2.53. The summed E-state index contributed by atoms with van der Waals surface area (Å²) in [6.07, 6.45) is 0. The van der Waals surface area contributed by atoms with Crippen molar-refractivity contribution in [3.63, 3.8) is 0 Å². The maximum absolute atomic E-state index is 5.38. The molecule has 0 unspecified atom stereocenters. The Labute approximate surface area is 355 Å². The highest BCUT2D eigenvalue weighted by Gasteiger charge is 2.51. The summed E-state index contributed by atoms with van der Waals surface area (Å²) in [5, 5.41) is 0. The van der Waals surface area contributed by atoms with Crippen LogP contribution < -0.4 is 9.80 Å². The average Bonchev–Trinajstić information content (AvgIpc) is 3.59. The molecular weight excluding hydrogens is 733 g/mol. The van der Waals surface area contributed by atoms with E-state index in [0.29, 0.717) is 5.82 Å². The fraction of sp³-hybridized carbons (Fsp3) is 0.222. The Kier molecular flexibility index (Phi) is 9.42. The predicted octanol–water partition coefficient (Wildman–Crippen LogP) is 12.8. The molecule has 0 radical (unpaired) electrons. The first-order valence-electron chi connectivity index (χ1n) is 20.9. The van der Waals surface area contributed by atoms with Gasteiger partial charge in [-0.15, -0.1) is 0 Å². The zero-order valence-corrected chi connectivity index (χ0v) is 35.8. The van der Waals surface area contributed by atoms with Crippen molar-refractivity contribution < 1.29 is 0 Å². The molecule has 7 aromatic rings. The standard InChI is InChI=1S/C54H52N6/c1-51(2)53(5,6)59(49(57-51)40-22-14-10-15-23-40)44-28-18-26-42(34-44)47-36-46(39-32-30-38(31-33-39)37-20-12-9-13-21-37)55-48(56-47)43-27-19-29-45(35-43)60-50(41-24-16-11-17-25-41)58-52(3,4)54(60,7)8/h9-36H,1-8H3. The molecule has 2 aliphatic rings. The number of aromatic nitrogens is 2. The van der Waals surface area contributed by atoms with Gasteiger partial charge < -0.3 is 9.80 Å². The maximum Gasteiger partial charge on any atom is 0.160 e. The Morgan fingerprint density at radius 2 is 0.700 bits per heavy atom. The van der Waals surface area contributed by atoms with Crippen LogP contribution in [0.3, 0.4) is 0 Å². The van der Waals surface area contributed by atoms with E-state index < -0.39 is 0 Å². The Hall–Kier alpha value is -6.66. The number of rotatable bonds is 8. The van der Waals surface area contributed by atoms with Crippen molar-refractivity contribution in [3.8, 4) is 45.0 Å². The molecule has 3 heterocycles. The number of benzene rings is 6. The molecule has 2 aliphatic heterocycles. The first-order valence-corrected chi connectivity index (χ1v) is 20.9. The van der Waals surface area contributed by atoms with Crippen LogP contribution in [-0.2, 0) is 0 Å². The topological polar surface area (TPSA) is 57.0 Å². The van der Waals surface area contributed by atoms with Crippen molar-refractivity contribution in [3.05, 3.63) is 181 Å². The summed E-state index contributed by atoms with van der Waals surface area (Å²) in [6.45, 7) is 18.0. The van der Waals surface area contributed by atoms with Gasteiger partial charge in [0.1, 0.15) is 11.7 Å². The highest BCUT2D eigenvalue weighted by atomic mass is 15.3. The molecule has 0 aliphatic carbocycles. The van der Waals surface area contributed by atoms with Crippen molar-refractivity contribution in [2.75, 3.05) is 9.80 Å². The quantitative estimate of drug-likeness (QED) is 0.154. The molecule has 0 amide bonds. The number of aliphatic imine (C=N–C) groups is 2. The summed E-state index contributed by atoms with van der Waals surface area (Å²) in [5.74, 6) is 2.58. The molecule has 0 saturated carbocycles. The number of nitrogens with zero attached hydrogens (tertiary/aromatic N) is 6. The van der Waals surface area contributed by atoms with E-state index in [1.165, 1.54) is 5.56 Å². The molecule has 0 atom stereocenters. The van der Waals surface area contributed by atoms with Crippen LogP contribution in [0.25, 0.3) is 45.0 Å². The Morgan fingerprint density at radius 1 is 0.333 bits per heavy atom. The molecule has 1 aromatic heterocycles. The molecule has 0 fully saturated rings. The van der Waals surface area contributed by atoms with Crippen molar-refractivity contribution in [1.29, 1.82) is 0 Å². The van der Waals surface area contributed by atoms with Crippen LogP contribution in [-0.4, -0.2) is 43.8 Å². The molecule has 0 bridgehead atoms. The summed E-state index contributed by atoms with van der Waals surface area (Å²) in [7, 11) is 0. The van der Waals surface area contributed by atoms with Crippen LogP contribution in [0.2, 0.25) is 0 Å². The smallest absolute Gasteiger partial charge is 0.160 e. The maximum atomic E-state index is 5.38. The second-order valence-corrected chi connectivity index (χ2v) is 18.0. The SMILES string of the molecule is CC1(C)N=C(c2ccccc2)N(c2cccc(-c3cc(-c4ccc(-c5ccccc5)cc4)nc(-c4cccc(N5C(c6ccccc6)=NC(C)(C)C5(C)C)c4)n3)c2)C1(C)C. The molecule has 0 spiro atoms. The van der Waals surface area contributed by atoms with E-state index in [9.17, 15) is 0 Å². The summed E-state index contributed by atoms with van der Waals surface area (Å²) in [4.78, 5) is 26.1. The van der Waals surface area contributed by atoms with Crippen molar-refractivity contribution in [1.82, 2.24) is 9.97 Å².